The van der Waals surface area contributed by atoms with Gasteiger partial charge in [-0.2, -0.15) is 0 Å². The van der Waals surface area contributed by atoms with Crippen LogP contribution in [0.15, 0.2) is 91.0 Å². The molecule has 0 aliphatic rings. The first kappa shape index (κ1) is 19.3. The van der Waals surface area contributed by atoms with Crippen LogP contribution < -0.4 is 15.9 Å². The van der Waals surface area contributed by atoms with Gasteiger partial charge in [-0.25, -0.2) is 0 Å². The van der Waals surface area contributed by atoms with Crippen LogP contribution >= 0.6 is 6.83 Å². The first-order valence-corrected chi connectivity index (χ1v) is 11.6. The van der Waals surface area contributed by atoms with Crippen molar-refractivity contribution in [2.75, 3.05) is 12.8 Å². The molecule has 27 heavy (non-hydrogen) atoms. The zero-order valence-corrected chi connectivity index (χ0v) is 16.4. The summed E-state index contributed by atoms with van der Waals surface area (Å²) in [6.07, 6.45) is 0.462. The molecule has 140 valence electrons. The Morgan fingerprint density at radius 1 is 0.778 bits per heavy atom. The Morgan fingerprint density at radius 2 is 1.15 bits per heavy atom. The van der Waals surface area contributed by atoms with E-state index in [9.17, 15) is 9.69 Å². The Labute approximate surface area is 160 Å². The maximum absolute atomic E-state index is 12.7. The minimum atomic E-state index is -3.83. The number of carbonyl (C=O) groups is 1. The van der Waals surface area contributed by atoms with Crippen molar-refractivity contribution in [3.05, 3.63) is 91.0 Å². The molecule has 1 N–H and O–H groups in total. The van der Waals surface area contributed by atoms with Crippen LogP contribution in [0.3, 0.4) is 0 Å². The summed E-state index contributed by atoms with van der Waals surface area (Å²) in [5.74, 6) is -0.289. The van der Waals surface area contributed by atoms with Crippen molar-refractivity contribution in [3.8, 4) is 0 Å². The second-order valence-corrected chi connectivity index (χ2v) is 11.0. The molecule has 0 aliphatic carbocycles. The van der Waals surface area contributed by atoms with Crippen LogP contribution in [0.2, 0.25) is 0 Å². The second-order valence-electron chi connectivity index (χ2n) is 6.54. The zero-order valence-electron chi connectivity index (χ0n) is 15.5. The Kier molecular flexibility index (Phi) is 5.74. The van der Waals surface area contributed by atoms with Gasteiger partial charge in [-0.3, -0.25) is 0 Å². The SMILES string of the molecule is CCOC(=O)CCP(O)(c1ccccc1)(c1ccccc1)c1ccccc1. The molecule has 0 fully saturated rings. The molecule has 0 amide bonds. The summed E-state index contributed by atoms with van der Waals surface area (Å²) in [5.41, 5.74) is 0. The number of benzene rings is 3. The van der Waals surface area contributed by atoms with Gasteiger partial charge in [-0.05, 0) is 0 Å². The Bertz CT molecular complexity index is 780. The average molecular weight is 380 g/mol. The Hall–Kier alpha value is -2.48. The van der Waals surface area contributed by atoms with Crippen molar-refractivity contribution in [3.63, 3.8) is 0 Å². The van der Waals surface area contributed by atoms with Crippen LogP contribution in [0.1, 0.15) is 13.3 Å². The molecule has 0 saturated carbocycles. The fraction of sp³-hybridized carbons (Fsp3) is 0.174. The monoisotopic (exact) mass is 380 g/mol. The van der Waals surface area contributed by atoms with Crippen LogP contribution in [-0.4, -0.2) is 23.6 Å². The molecule has 0 heterocycles. The van der Waals surface area contributed by atoms with Gasteiger partial charge in [0.05, 0.1) is 0 Å². The Balaban J connectivity index is 2.27. The van der Waals surface area contributed by atoms with Crippen LogP contribution in [0.25, 0.3) is 0 Å². The summed E-state index contributed by atoms with van der Waals surface area (Å²) in [4.78, 5) is 24.9. The van der Waals surface area contributed by atoms with Gasteiger partial charge in [-0.15, -0.1) is 0 Å². The third-order valence-corrected chi connectivity index (χ3v) is 10.3. The molecule has 0 spiro atoms. The molecule has 0 aromatic heterocycles. The topological polar surface area (TPSA) is 46.5 Å². The molecule has 3 nitrogen and oxygen atoms in total. The molecular formula is C23H25O3P. The van der Waals surface area contributed by atoms with Gasteiger partial charge in [0.1, 0.15) is 0 Å². The summed E-state index contributed by atoms with van der Waals surface area (Å²) in [6, 6.07) is 29.2. The van der Waals surface area contributed by atoms with Crippen LogP contribution in [0.5, 0.6) is 0 Å². The van der Waals surface area contributed by atoms with Gasteiger partial charge in [-0.1, -0.05) is 0 Å². The molecule has 0 saturated heterocycles. The van der Waals surface area contributed by atoms with E-state index in [0.29, 0.717) is 12.8 Å². The van der Waals surface area contributed by atoms with E-state index in [0.717, 1.165) is 15.9 Å². The molecule has 0 radical (unpaired) electrons. The number of carbonyl (C=O) groups excluding carboxylic acids is 1. The quantitative estimate of drug-likeness (QED) is 0.505. The standard InChI is InChI=1S/C23H25O3P/c1-2-26-23(24)18-19-27(25,20-12-6-3-7-13-20,21-14-8-4-9-15-21)22-16-10-5-11-17-22/h3-17,25H,2,18-19H2,1H3. The maximum atomic E-state index is 12.7. The molecule has 0 aliphatic heterocycles. The van der Waals surface area contributed by atoms with E-state index in [-0.39, 0.29) is 12.4 Å². The van der Waals surface area contributed by atoms with Gasteiger partial charge in [0.25, 0.3) is 0 Å². The van der Waals surface area contributed by atoms with Gasteiger partial charge in [0.2, 0.25) is 0 Å². The van der Waals surface area contributed by atoms with Crippen molar-refractivity contribution < 1.29 is 14.4 Å². The van der Waals surface area contributed by atoms with Gasteiger partial charge in [0, 0.05) is 0 Å². The normalized spacial score (nSPS) is 12.7. The van der Waals surface area contributed by atoms with E-state index in [1.54, 1.807) is 6.92 Å². The van der Waals surface area contributed by atoms with E-state index >= 15 is 0 Å². The number of esters is 1. The third-order valence-electron chi connectivity index (χ3n) is 4.99. The second kappa shape index (κ2) is 8.04. The van der Waals surface area contributed by atoms with Gasteiger partial charge < -0.3 is 0 Å². The van der Waals surface area contributed by atoms with E-state index in [1.165, 1.54) is 0 Å². The summed E-state index contributed by atoms with van der Waals surface area (Å²) >= 11 is 0. The molecular weight excluding hydrogens is 355 g/mol. The summed E-state index contributed by atoms with van der Waals surface area (Å²) in [7, 11) is 0. The first-order valence-electron chi connectivity index (χ1n) is 9.18. The predicted molar refractivity (Wildman–Crippen MR) is 113 cm³/mol. The number of hydrogen-bond acceptors (Lipinski definition) is 3. The molecule has 0 atom stereocenters. The van der Waals surface area contributed by atoms with Crippen molar-refractivity contribution in [2.45, 2.75) is 13.3 Å². The van der Waals surface area contributed by atoms with Crippen molar-refractivity contribution in [1.82, 2.24) is 0 Å². The predicted octanol–water partition coefficient (Wildman–Crippen LogP) is 3.38. The van der Waals surface area contributed by atoms with Crippen molar-refractivity contribution >= 4 is 28.7 Å². The van der Waals surface area contributed by atoms with E-state index < -0.39 is 6.83 Å². The molecule has 4 heteroatoms. The fourth-order valence-electron chi connectivity index (χ4n) is 3.62. The molecule has 0 bridgehead atoms. The fourth-order valence-corrected chi connectivity index (χ4v) is 8.35. The average Bonchev–Trinajstić information content (AvgIpc) is 2.74. The molecule has 3 rings (SSSR count). The van der Waals surface area contributed by atoms with Crippen molar-refractivity contribution in [2.24, 2.45) is 0 Å². The van der Waals surface area contributed by atoms with Crippen LogP contribution in [-0.2, 0) is 9.53 Å². The zero-order chi connectivity index (χ0) is 19.2. The molecule has 3 aromatic carbocycles. The minimum absolute atomic E-state index is 0.154. The van der Waals surface area contributed by atoms with Crippen LogP contribution in [0.4, 0.5) is 0 Å². The molecule has 0 unspecified atom stereocenters. The summed E-state index contributed by atoms with van der Waals surface area (Å²) < 4.78 is 5.16. The third kappa shape index (κ3) is 3.53. The van der Waals surface area contributed by atoms with Crippen LogP contribution in [0, 0.1) is 0 Å². The first-order chi connectivity index (χ1) is 13.1. The van der Waals surface area contributed by atoms with E-state index in [1.807, 2.05) is 91.0 Å². The number of hydrogen-bond donors (Lipinski definition) is 1. The summed E-state index contributed by atoms with van der Waals surface area (Å²) in [6.45, 7) is -1.70. The number of ether oxygens (including phenoxy) is 1. The Morgan fingerprint density at radius 3 is 1.48 bits per heavy atom. The van der Waals surface area contributed by atoms with Gasteiger partial charge in [0.15, 0.2) is 0 Å². The number of rotatable bonds is 7. The van der Waals surface area contributed by atoms with Crippen molar-refractivity contribution in [1.29, 1.82) is 0 Å². The van der Waals surface area contributed by atoms with E-state index in [4.69, 9.17) is 4.74 Å². The molecule has 3 aromatic rings. The summed E-state index contributed by atoms with van der Waals surface area (Å²) in [5, 5.41) is 2.56. The van der Waals surface area contributed by atoms with Gasteiger partial charge >= 0.3 is 160 Å². The van der Waals surface area contributed by atoms with E-state index in [2.05, 4.69) is 0 Å².